The molecular weight excluding hydrogens is 533 g/mol. The number of ether oxygens (including phenoxy) is 1. The molecule has 1 saturated heterocycles. The van der Waals surface area contributed by atoms with Crippen LogP contribution in [0.3, 0.4) is 0 Å². The molecule has 0 saturated carbocycles. The summed E-state index contributed by atoms with van der Waals surface area (Å²) in [5.41, 5.74) is 0.0649. The molecular formula is C21H28IN3O5S. The Morgan fingerprint density at radius 2 is 1.74 bits per heavy atom. The van der Waals surface area contributed by atoms with Crippen molar-refractivity contribution in [2.24, 2.45) is 0 Å². The van der Waals surface area contributed by atoms with Gasteiger partial charge in [0.1, 0.15) is 6.23 Å². The molecule has 0 bridgehead atoms. The molecule has 3 rings (SSSR count). The number of aromatic amines is 1. The molecule has 1 N–H and O–H groups in total. The first-order valence-corrected chi connectivity index (χ1v) is 13.1. The van der Waals surface area contributed by atoms with Gasteiger partial charge in [-0.3, -0.25) is 14.3 Å². The van der Waals surface area contributed by atoms with E-state index >= 15 is 0 Å². The Hall–Kier alpha value is -1.50. The van der Waals surface area contributed by atoms with Crippen molar-refractivity contribution in [2.45, 2.75) is 54.1 Å². The Balaban J connectivity index is 1.77. The molecule has 31 heavy (non-hydrogen) atoms. The van der Waals surface area contributed by atoms with E-state index in [1.807, 2.05) is 19.1 Å². The maximum atomic E-state index is 13.2. The number of rotatable bonds is 3. The number of halogens is 1. The van der Waals surface area contributed by atoms with Gasteiger partial charge in [-0.15, -0.1) is 0 Å². The highest BCUT2D eigenvalue weighted by atomic mass is 127. The van der Waals surface area contributed by atoms with Gasteiger partial charge in [0.15, 0.2) is 0 Å². The fraction of sp³-hybridized carbons (Fsp3) is 0.524. The van der Waals surface area contributed by atoms with Crippen LogP contribution in [0, 0.1) is 6.92 Å². The first-order chi connectivity index (χ1) is 14.8. The van der Waals surface area contributed by atoms with Crippen molar-refractivity contribution < 1.29 is 13.2 Å². The normalized spacial score (nSPS) is 22.4. The Bertz CT molecular complexity index is 1080. The average Bonchev–Trinajstić information content (AvgIpc) is 2.71. The summed E-state index contributed by atoms with van der Waals surface area (Å²) in [7, 11) is -3.56. The predicted octanol–water partition coefficient (Wildman–Crippen LogP) is 2.82. The number of nitrogens with zero attached hydrogens (tertiary/aromatic N) is 2. The van der Waals surface area contributed by atoms with E-state index in [-0.39, 0.29) is 3.92 Å². The number of alkyl halides is 1. The van der Waals surface area contributed by atoms with Crippen LogP contribution in [-0.2, 0) is 14.8 Å². The molecule has 2 heterocycles. The van der Waals surface area contributed by atoms with E-state index < -0.39 is 27.5 Å². The van der Waals surface area contributed by atoms with E-state index in [9.17, 15) is 18.0 Å². The summed E-state index contributed by atoms with van der Waals surface area (Å²) in [6, 6.07) is 8.26. The van der Waals surface area contributed by atoms with Gasteiger partial charge in [0.25, 0.3) is 5.56 Å². The first-order valence-electron chi connectivity index (χ1n) is 10.4. The molecule has 1 aliphatic rings. The summed E-state index contributed by atoms with van der Waals surface area (Å²) in [5.74, 6) is 0. The molecule has 1 aliphatic heterocycles. The van der Waals surface area contributed by atoms with Crippen LogP contribution in [0.25, 0.3) is 0 Å². The van der Waals surface area contributed by atoms with E-state index in [1.165, 1.54) is 16.8 Å². The lowest BCUT2D eigenvalue weighted by Crippen LogP contribution is -2.37. The minimum Gasteiger partial charge on any atom is -0.357 e. The van der Waals surface area contributed by atoms with Crippen molar-refractivity contribution in [3.05, 3.63) is 62.9 Å². The van der Waals surface area contributed by atoms with Gasteiger partial charge in [-0.1, -0.05) is 40.3 Å². The SMILES string of the molecule is Cc1ccc(S(=O)(=O)N2CCCCCO[C@H](n3ccc(=O)[nH]c3=O)[C@@H](I)CCC2)cc1. The van der Waals surface area contributed by atoms with E-state index in [1.54, 1.807) is 16.4 Å². The van der Waals surface area contributed by atoms with E-state index in [2.05, 4.69) is 27.6 Å². The number of aryl methyl sites for hydroxylation is 1. The fourth-order valence-electron chi connectivity index (χ4n) is 3.57. The Morgan fingerprint density at radius 3 is 2.45 bits per heavy atom. The summed E-state index contributed by atoms with van der Waals surface area (Å²) in [6.07, 6.45) is 4.55. The minimum atomic E-state index is -3.56. The molecule has 0 spiro atoms. The van der Waals surface area contributed by atoms with Crippen molar-refractivity contribution in [1.82, 2.24) is 13.9 Å². The molecule has 1 aromatic heterocycles. The van der Waals surface area contributed by atoms with Gasteiger partial charge in [-0.05, 0) is 51.2 Å². The maximum absolute atomic E-state index is 13.2. The first kappa shape index (κ1) is 24.1. The lowest BCUT2D eigenvalue weighted by molar-refractivity contribution is -0.00333. The van der Waals surface area contributed by atoms with Gasteiger partial charge in [-0.2, -0.15) is 4.31 Å². The van der Waals surface area contributed by atoms with Crippen LogP contribution in [-0.4, -0.2) is 45.9 Å². The quantitative estimate of drug-likeness (QED) is 0.459. The largest absolute Gasteiger partial charge is 0.357 e. The van der Waals surface area contributed by atoms with Crippen molar-refractivity contribution in [3.63, 3.8) is 0 Å². The Morgan fingerprint density at radius 1 is 1.03 bits per heavy atom. The third-order valence-corrected chi connectivity index (χ3v) is 8.47. The zero-order valence-electron chi connectivity index (χ0n) is 17.5. The van der Waals surface area contributed by atoms with Crippen molar-refractivity contribution in [1.29, 1.82) is 0 Å². The third kappa shape index (κ3) is 6.27. The Kier molecular flexibility index (Phi) is 8.48. The van der Waals surface area contributed by atoms with Crippen LogP contribution >= 0.6 is 22.6 Å². The average molecular weight is 561 g/mol. The molecule has 0 unspecified atom stereocenters. The van der Waals surface area contributed by atoms with Crippen LogP contribution in [0.2, 0.25) is 0 Å². The highest BCUT2D eigenvalue weighted by molar-refractivity contribution is 14.1. The van der Waals surface area contributed by atoms with Gasteiger partial charge in [0, 0.05) is 32.0 Å². The predicted molar refractivity (Wildman–Crippen MR) is 127 cm³/mol. The van der Waals surface area contributed by atoms with E-state index in [0.29, 0.717) is 37.4 Å². The monoisotopic (exact) mass is 561 g/mol. The van der Waals surface area contributed by atoms with Gasteiger partial charge >= 0.3 is 5.69 Å². The van der Waals surface area contributed by atoms with Crippen LogP contribution in [0.4, 0.5) is 0 Å². The van der Waals surface area contributed by atoms with Crippen LogP contribution in [0.5, 0.6) is 0 Å². The number of aromatic nitrogens is 2. The number of hydrogen-bond acceptors (Lipinski definition) is 5. The molecule has 1 aromatic carbocycles. The summed E-state index contributed by atoms with van der Waals surface area (Å²) in [6.45, 7) is 3.27. The van der Waals surface area contributed by atoms with E-state index in [4.69, 9.17) is 4.74 Å². The van der Waals surface area contributed by atoms with Crippen LogP contribution < -0.4 is 11.2 Å². The second-order valence-corrected chi connectivity index (χ2v) is 11.3. The fourth-order valence-corrected chi connectivity index (χ4v) is 6.09. The van der Waals surface area contributed by atoms with E-state index in [0.717, 1.165) is 24.8 Å². The molecule has 0 amide bonds. The molecule has 0 radical (unpaired) electrons. The lowest BCUT2D eigenvalue weighted by Gasteiger charge is -2.27. The minimum absolute atomic E-state index is 0.0652. The topological polar surface area (TPSA) is 101 Å². The maximum Gasteiger partial charge on any atom is 0.330 e. The molecule has 1 fully saturated rings. The highest BCUT2D eigenvalue weighted by Gasteiger charge is 2.27. The Labute approximate surface area is 195 Å². The van der Waals surface area contributed by atoms with Gasteiger partial charge in [-0.25, -0.2) is 13.2 Å². The molecule has 170 valence electrons. The number of sulfonamides is 1. The van der Waals surface area contributed by atoms with Gasteiger partial charge in [0.05, 0.1) is 8.82 Å². The number of benzene rings is 1. The number of hydrogen-bond donors (Lipinski definition) is 1. The van der Waals surface area contributed by atoms with Crippen molar-refractivity contribution in [3.8, 4) is 0 Å². The van der Waals surface area contributed by atoms with Crippen molar-refractivity contribution >= 4 is 32.6 Å². The summed E-state index contributed by atoms with van der Waals surface area (Å²) >= 11 is 2.24. The highest BCUT2D eigenvalue weighted by Crippen LogP contribution is 2.26. The summed E-state index contributed by atoms with van der Waals surface area (Å²) in [4.78, 5) is 26.3. The second-order valence-electron chi connectivity index (χ2n) is 7.71. The standard InChI is InChI=1S/C21H28IN3O5S/c1-16-7-9-17(10-8-16)31(28,29)24-12-3-2-4-15-30-20(18(22)6-5-13-24)25-14-11-19(26)23-21(25)27/h7-11,14,18,20H,2-6,12-13,15H2,1H3,(H,23,26,27)/t18-,20-/m0/s1. The molecule has 10 heteroatoms. The third-order valence-electron chi connectivity index (χ3n) is 5.32. The molecule has 2 atom stereocenters. The molecule has 8 nitrogen and oxygen atoms in total. The summed E-state index contributed by atoms with van der Waals surface area (Å²) in [5, 5.41) is 0. The van der Waals surface area contributed by atoms with Crippen molar-refractivity contribution in [2.75, 3.05) is 19.7 Å². The van der Waals surface area contributed by atoms with Gasteiger partial charge in [0.2, 0.25) is 10.0 Å². The number of H-pyrrole nitrogens is 1. The van der Waals surface area contributed by atoms with Gasteiger partial charge < -0.3 is 4.74 Å². The second kappa shape index (κ2) is 10.9. The summed E-state index contributed by atoms with van der Waals surface area (Å²) < 4.78 is 35.3. The smallest absolute Gasteiger partial charge is 0.330 e. The molecule has 2 aromatic rings. The lowest BCUT2D eigenvalue weighted by atomic mass is 10.2. The van der Waals surface area contributed by atoms with Crippen LogP contribution in [0.1, 0.15) is 43.9 Å². The van der Waals surface area contributed by atoms with Crippen LogP contribution in [0.15, 0.2) is 51.0 Å². The zero-order valence-corrected chi connectivity index (χ0v) is 20.5. The molecule has 0 aliphatic carbocycles. The number of nitrogens with one attached hydrogen (secondary N) is 1. The zero-order chi connectivity index (χ0) is 22.4.